The fourth-order valence-corrected chi connectivity index (χ4v) is 3.89. The fourth-order valence-electron chi connectivity index (χ4n) is 3.89. The Kier molecular flexibility index (Phi) is 116. The lowest BCUT2D eigenvalue weighted by molar-refractivity contribution is 0.585. The molecule has 0 unspecified atom stereocenters. The van der Waals surface area contributed by atoms with Crippen LogP contribution in [-0.2, 0) is 0 Å². The summed E-state index contributed by atoms with van der Waals surface area (Å²) in [6, 6.07) is 16.8. The van der Waals surface area contributed by atoms with Crippen LogP contribution in [0.25, 0.3) is 11.1 Å². The second kappa shape index (κ2) is 89.0. The molecule has 0 heterocycles. The van der Waals surface area contributed by atoms with E-state index in [4.69, 9.17) is 0 Å². The van der Waals surface area contributed by atoms with E-state index in [1.54, 1.807) is 12.2 Å². The van der Waals surface area contributed by atoms with E-state index in [0.717, 1.165) is 69.3 Å². The highest BCUT2D eigenvalue weighted by molar-refractivity contribution is 5.61. The first-order valence-electron chi connectivity index (χ1n) is 33.9. The SMILES string of the molecule is C=C(C)C.C=C(C)C.C=C(C)C(=C)C.C=C(C)C(=C)C.C=C(C)C(C)=C(C)C.C=C(C)C(C)=C(C)C.C=C(C)CCC(C)C.C=C(C)CCC(C)C.C=C(C)c1ccc(C)cc1.C=C(C)c1ccc(C)cc1.C=CC(=C)CC.C=CC(=C)CC.CC.CC.CC.CC. The van der Waals surface area contributed by atoms with Gasteiger partial charge in [0.1, 0.15) is 0 Å². The van der Waals surface area contributed by atoms with Gasteiger partial charge in [-0.2, -0.15) is 0 Å². The molecule has 0 aliphatic carbocycles. The lowest BCUT2D eigenvalue weighted by Crippen LogP contribution is -1.85. The van der Waals surface area contributed by atoms with Gasteiger partial charge in [-0.1, -0.05) is 348 Å². The van der Waals surface area contributed by atoms with E-state index < -0.39 is 0 Å². The Balaban J connectivity index is -0.0000000600. The average molecular weight is 1270 g/mol. The van der Waals surface area contributed by atoms with Crippen molar-refractivity contribution < 1.29 is 0 Å². The molecule has 0 bridgehead atoms. The van der Waals surface area contributed by atoms with Crippen LogP contribution in [0.3, 0.4) is 0 Å². The van der Waals surface area contributed by atoms with Crippen molar-refractivity contribution in [3.63, 3.8) is 0 Å². The van der Waals surface area contributed by atoms with Crippen LogP contribution in [0.4, 0.5) is 0 Å². The Morgan fingerprint density at radius 1 is 0.326 bits per heavy atom. The van der Waals surface area contributed by atoms with E-state index in [1.165, 1.54) is 104 Å². The molecule has 0 N–H and O–H groups in total. The molecule has 0 amide bonds. The summed E-state index contributed by atoms with van der Waals surface area (Å²) in [6.07, 6.45) is 10.5. The van der Waals surface area contributed by atoms with Crippen molar-refractivity contribution in [3.8, 4) is 0 Å². The zero-order valence-electron chi connectivity index (χ0n) is 69.5. The predicted octanol–water partition coefficient (Wildman–Crippen LogP) is 33.7. The Hall–Kier alpha value is -6.24. The van der Waals surface area contributed by atoms with E-state index >= 15 is 0 Å². The molecule has 0 aromatic heterocycles. The number of hydrogen-bond donors (Lipinski definition) is 0. The molecule has 0 nitrogen and oxygen atoms in total. The highest BCUT2D eigenvalue weighted by Crippen LogP contribution is 2.14. The number of hydrogen-bond acceptors (Lipinski definition) is 0. The summed E-state index contributed by atoms with van der Waals surface area (Å²) in [4.78, 5) is 0. The van der Waals surface area contributed by atoms with E-state index in [2.05, 4.69) is 265 Å². The highest BCUT2D eigenvalue weighted by atomic mass is 14.0. The van der Waals surface area contributed by atoms with E-state index in [9.17, 15) is 0 Å². The summed E-state index contributed by atoms with van der Waals surface area (Å²) < 4.78 is 0. The van der Waals surface area contributed by atoms with Crippen LogP contribution in [-0.4, -0.2) is 0 Å². The molecule has 0 fully saturated rings. The van der Waals surface area contributed by atoms with Crippen LogP contribution in [0.1, 0.15) is 296 Å². The molecule has 2 aromatic carbocycles. The third-order valence-corrected chi connectivity index (χ3v) is 11.1. The van der Waals surface area contributed by atoms with Crippen molar-refractivity contribution in [2.75, 3.05) is 0 Å². The summed E-state index contributed by atoms with van der Waals surface area (Å²) in [5.74, 6) is 1.65. The van der Waals surface area contributed by atoms with Gasteiger partial charge in [-0.25, -0.2) is 0 Å². The Labute approximate surface area is 584 Å². The summed E-state index contributed by atoms with van der Waals surface area (Å²) in [6.45, 7) is 133. The van der Waals surface area contributed by atoms with Gasteiger partial charge in [0.2, 0.25) is 0 Å². The Morgan fingerprint density at radius 3 is 0.554 bits per heavy atom. The van der Waals surface area contributed by atoms with Crippen LogP contribution in [0.2, 0.25) is 0 Å². The Morgan fingerprint density at radius 2 is 0.500 bits per heavy atom. The molecule has 2 aromatic rings. The van der Waals surface area contributed by atoms with Crippen molar-refractivity contribution in [1.82, 2.24) is 0 Å². The van der Waals surface area contributed by atoms with Gasteiger partial charge in [0.15, 0.2) is 0 Å². The molecule has 0 radical (unpaired) electrons. The minimum absolute atomic E-state index is 0.826. The van der Waals surface area contributed by atoms with Crippen LogP contribution >= 0.6 is 0 Å². The zero-order valence-corrected chi connectivity index (χ0v) is 69.5. The monoisotopic (exact) mass is 1270 g/mol. The van der Waals surface area contributed by atoms with Crippen molar-refractivity contribution in [2.45, 2.75) is 288 Å². The number of rotatable bonds is 16. The minimum atomic E-state index is 0.826. The molecule has 2 rings (SSSR count). The molecule has 0 spiro atoms. The first-order valence-corrected chi connectivity index (χ1v) is 33.9. The molecule has 0 aliphatic rings. The topological polar surface area (TPSA) is 0 Å². The summed E-state index contributed by atoms with van der Waals surface area (Å²) in [5.41, 5.74) is 26.4. The lowest BCUT2D eigenvalue weighted by Gasteiger charge is -2.01. The van der Waals surface area contributed by atoms with E-state index in [-0.39, 0.29) is 0 Å². The first kappa shape index (κ1) is 120. The van der Waals surface area contributed by atoms with E-state index in [0.29, 0.717) is 0 Å². The molecule has 532 valence electrons. The van der Waals surface area contributed by atoms with Gasteiger partial charge in [-0.05, 0) is 214 Å². The Bertz CT molecular complexity index is 2120. The van der Waals surface area contributed by atoms with Crippen LogP contribution in [0.15, 0.2) is 255 Å². The molecular weight excluding hydrogens is 1110 g/mol. The molecule has 0 heteroatoms. The molecule has 0 saturated carbocycles. The molecule has 0 saturated heterocycles. The lowest BCUT2D eigenvalue weighted by atomic mass is 10.1. The second-order valence-corrected chi connectivity index (χ2v) is 23.9. The molecule has 0 atom stereocenters. The highest BCUT2D eigenvalue weighted by Gasteiger charge is 1.94. The molecular formula is C92H164. The maximum absolute atomic E-state index is 3.86. The predicted molar refractivity (Wildman–Crippen MR) is 452 cm³/mol. The maximum Gasteiger partial charge on any atom is -0.0233 e. The van der Waals surface area contributed by atoms with Gasteiger partial charge in [0.05, 0.1) is 0 Å². The largest absolute Gasteiger partial charge is 0.100 e. The van der Waals surface area contributed by atoms with Crippen molar-refractivity contribution in [1.29, 1.82) is 0 Å². The standard InChI is InChI=1S/2C10H12.2C8H16.2C8H14.4C6H10.2C4H8.4C2H6/c2*1-8(2)10-6-4-9(3)5-7-10;2*1-7(2)5-6-8(3)4;2*1-6(2)8(5)7(3)4;2*1-5(2)6(3)4;2*1-4-6(3)5-2;2*1-4(2)3;4*1-2/h2*4-7H,1H2,2-3H3;2*8H,1,5-6H2,2-4H3;2*1H2,2-5H3;2*1,3H2,2,4H3;2*4H,1,3,5H2,2H3;2*1H2,2-3H3;4*1-2H3. The fraction of sp³-hybridized carbons (Fsp3) is 0.478. The normalized spacial score (nSPS) is 8.07. The van der Waals surface area contributed by atoms with Gasteiger partial charge in [-0.3, -0.25) is 0 Å². The van der Waals surface area contributed by atoms with Crippen LogP contribution in [0.5, 0.6) is 0 Å². The number of aryl methyl sites for hydroxylation is 2. The number of allylic oxidation sites excluding steroid dienone is 20. The third kappa shape index (κ3) is 141. The summed E-state index contributed by atoms with van der Waals surface area (Å²) >= 11 is 0. The second-order valence-electron chi connectivity index (χ2n) is 23.9. The summed E-state index contributed by atoms with van der Waals surface area (Å²) in [5, 5.41) is 0. The van der Waals surface area contributed by atoms with Gasteiger partial charge in [0.25, 0.3) is 0 Å². The van der Waals surface area contributed by atoms with Gasteiger partial charge in [-0.15, -0.1) is 26.3 Å². The van der Waals surface area contributed by atoms with Gasteiger partial charge < -0.3 is 0 Å². The zero-order chi connectivity index (χ0) is 77.2. The van der Waals surface area contributed by atoms with Crippen LogP contribution < -0.4 is 0 Å². The quantitative estimate of drug-likeness (QED) is 0.116. The first-order chi connectivity index (χ1) is 42.1. The molecule has 92 heavy (non-hydrogen) atoms. The summed E-state index contributed by atoms with van der Waals surface area (Å²) in [7, 11) is 0. The van der Waals surface area contributed by atoms with E-state index in [1.807, 2.05) is 138 Å². The number of benzene rings is 2. The average Bonchev–Trinajstić information content (AvgIpc) is 2.20. The maximum atomic E-state index is 3.86. The van der Waals surface area contributed by atoms with Crippen molar-refractivity contribution >= 4 is 11.1 Å². The van der Waals surface area contributed by atoms with Gasteiger partial charge >= 0.3 is 0 Å². The minimum Gasteiger partial charge on any atom is -0.100 e. The van der Waals surface area contributed by atoms with Crippen LogP contribution in [0, 0.1) is 25.7 Å². The smallest absolute Gasteiger partial charge is 0.0233 e. The van der Waals surface area contributed by atoms with Crippen molar-refractivity contribution in [3.05, 3.63) is 277 Å². The van der Waals surface area contributed by atoms with Gasteiger partial charge in [0, 0.05) is 0 Å². The van der Waals surface area contributed by atoms with Crippen molar-refractivity contribution in [2.24, 2.45) is 11.8 Å². The molecule has 0 aliphatic heterocycles. The third-order valence-electron chi connectivity index (χ3n) is 11.1.